The number of carbonyl (C=O) groups is 1. The molecular weight excluding hydrogens is 559 g/mol. The largest absolute Gasteiger partial charge is 0.492 e. The first kappa shape index (κ1) is 28.9. The SMILES string of the molecule is CCCCC(=O)Nc1cncc(-c2cnc3n[nH]c(-c4cc5c(-c6cc(F)cc(OCCN(C)C)c6)nccc5[nH]4)c3c2)c1. The molecule has 1 amide bonds. The van der Waals surface area contributed by atoms with E-state index in [1.807, 2.05) is 49.3 Å². The van der Waals surface area contributed by atoms with Crippen molar-refractivity contribution in [3.05, 3.63) is 73.1 Å². The summed E-state index contributed by atoms with van der Waals surface area (Å²) in [6.07, 6.45) is 9.07. The molecule has 0 spiro atoms. The minimum absolute atomic E-state index is 0.0320. The van der Waals surface area contributed by atoms with E-state index < -0.39 is 5.82 Å². The number of fused-ring (bicyclic) bond motifs is 2. The van der Waals surface area contributed by atoms with Crippen LogP contribution >= 0.6 is 0 Å². The molecule has 10 nitrogen and oxygen atoms in total. The Morgan fingerprint density at radius 2 is 1.86 bits per heavy atom. The fourth-order valence-corrected chi connectivity index (χ4v) is 5.04. The molecule has 5 heterocycles. The van der Waals surface area contributed by atoms with Gasteiger partial charge in [0.15, 0.2) is 5.65 Å². The van der Waals surface area contributed by atoms with Crippen LogP contribution in [0.4, 0.5) is 10.1 Å². The van der Waals surface area contributed by atoms with Gasteiger partial charge in [-0.25, -0.2) is 9.37 Å². The molecule has 0 unspecified atom stereocenters. The number of rotatable bonds is 11. The van der Waals surface area contributed by atoms with E-state index in [2.05, 4.69) is 42.4 Å². The molecule has 0 atom stereocenters. The normalized spacial score (nSPS) is 11.5. The van der Waals surface area contributed by atoms with Gasteiger partial charge in [0.25, 0.3) is 0 Å². The highest BCUT2D eigenvalue weighted by Gasteiger charge is 2.16. The minimum Gasteiger partial charge on any atom is -0.492 e. The number of carbonyl (C=O) groups excluding carboxylic acids is 1. The number of halogens is 1. The van der Waals surface area contributed by atoms with E-state index in [4.69, 9.17) is 4.74 Å². The average molecular weight is 593 g/mol. The van der Waals surface area contributed by atoms with Crippen LogP contribution in [-0.2, 0) is 4.79 Å². The van der Waals surface area contributed by atoms with Crippen molar-refractivity contribution in [2.75, 3.05) is 32.6 Å². The van der Waals surface area contributed by atoms with Crippen LogP contribution in [0.2, 0.25) is 0 Å². The summed E-state index contributed by atoms with van der Waals surface area (Å²) in [5.41, 5.74) is 6.46. The van der Waals surface area contributed by atoms with Gasteiger partial charge in [-0.15, -0.1) is 0 Å². The number of amides is 1. The Balaban J connectivity index is 1.33. The van der Waals surface area contributed by atoms with Crippen LogP contribution in [0.1, 0.15) is 26.2 Å². The van der Waals surface area contributed by atoms with Crippen LogP contribution in [-0.4, -0.2) is 68.2 Å². The fraction of sp³-hybridized carbons (Fsp3) is 0.242. The number of unbranched alkanes of at least 4 members (excludes halogenated alkanes) is 1. The van der Waals surface area contributed by atoms with Gasteiger partial charge in [0.05, 0.1) is 29.0 Å². The summed E-state index contributed by atoms with van der Waals surface area (Å²) < 4.78 is 20.5. The smallest absolute Gasteiger partial charge is 0.224 e. The monoisotopic (exact) mass is 592 g/mol. The zero-order chi connectivity index (χ0) is 30.6. The van der Waals surface area contributed by atoms with Crippen molar-refractivity contribution >= 4 is 33.5 Å². The second kappa shape index (κ2) is 12.6. The predicted molar refractivity (Wildman–Crippen MR) is 170 cm³/mol. The van der Waals surface area contributed by atoms with Crippen molar-refractivity contribution in [1.29, 1.82) is 0 Å². The van der Waals surface area contributed by atoms with E-state index in [1.165, 1.54) is 12.1 Å². The molecule has 3 N–H and O–H groups in total. The second-order valence-corrected chi connectivity index (χ2v) is 10.9. The van der Waals surface area contributed by atoms with Gasteiger partial charge >= 0.3 is 0 Å². The number of likely N-dealkylation sites (N-methyl/N-ethyl adjacent to an activating group) is 1. The zero-order valence-corrected chi connectivity index (χ0v) is 24.8. The van der Waals surface area contributed by atoms with E-state index in [0.29, 0.717) is 47.9 Å². The van der Waals surface area contributed by atoms with Gasteiger partial charge in [0.2, 0.25) is 5.91 Å². The Kier molecular flexibility index (Phi) is 8.29. The van der Waals surface area contributed by atoms with E-state index in [1.54, 1.807) is 24.8 Å². The summed E-state index contributed by atoms with van der Waals surface area (Å²) in [4.78, 5) is 31.2. The van der Waals surface area contributed by atoms with E-state index in [-0.39, 0.29) is 5.91 Å². The highest BCUT2D eigenvalue weighted by molar-refractivity contribution is 6.00. The standard InChI is InChI=1S/C33H33FN8O2/c1-4-5-6-30(43)38-24-12-21(17-35-19-24)22-14-27-32(40-41-33(27)37-18-22)29-16-26-28(39-29)7-8-36-31(26)20-11-23(34)15-25(13-20)44-10-9-42(2)3/h7-8,11-19,39H,4-6,9-10H2,1-3H3,(H,38,43)(H,37,40,41). The summed E-state index contributed by atoms with van der Waals surface area (Å²) in [5.74, 6) is 0.0262. The number of nitrogens with zero attached hydrogens (tertiary/aromatic N) is 5. The zero-order valence-electron chi connectivity index (χ0n) is 24.8. The van der Waals surface area contributed by atoms with Gasteiger partial charge < -0.3 is 19.9 Å². The number of H-pyrrole nitrogens is 2. The third-order valence-electron chi connectivity index (χ3n) is 7.29. The maximum Gasteiger partial charge on any atom is 0.224 e. The van der Waals surface area contributed by atoms with Crippen LogP contribution in [0.5, 0.6) is 5.75 Å². The summed E-state index contributed by atoms with van der Waals surface area (Å²) >= 11 is 0. The van der Waals surface area contributed by atoms with E-state index in [0.717, 1.165) is 51.6 Å². The van der Waals surface area contributed by atoms with Gasteiger partial charge in [-0.1, -0.05) is 13.3 Å². The van der Waals surface area contributed by atoms with Crippen LogP contribution in [0.25, 0.3) is 55.7 Å². The fourth-order valence-electron chi connectivity index (χ4n) is 5.04. The van der Waals surface area contributed by atoms with Gasteiger partial charge in [0.1, 0.15) is 18.2 Å². The molecule has 0 bridgehead atoms. The number of hydrogen-bond acceptors (Lipinski definition) is 7. The van der Waals surface area contributed by atoms with Gasteiger partial charge in [-0.3, -0.25) is 19.9 Å². The lowest BCUT2D eigenvalue weighted by molar-refractivity contribution is -0.116. The molecule has 0 saturated heterocycles. The predicted octanol–water partition coefficient (Wildman–Crippen LogP) is 6.44. The number of nitrogens with one attached hydrogen (secondary N) is 3. The highest BCUT2D eigenvalue weighted by Crippen LogP contribution is 2.35. The Morgan fingerprint density at radius 1 is 1.00 bits per heavy atom. The molecule has 0 radical (unpaired) electrons. The van der Waals surface area contributed by atoms with Crippen LogP contribution < -0.4 is 10.1 Å². The third kappa shape index (κ3) is 6.28. The van der Waals surface area contributed by atoms with E-state index >= 15 is 0 Å². The first-order valence-electron chi connectivity index (χ1n) is 14.5. The molecule has 44 heavy (non-hydrogen) atoms. The Morgan fingerprint density at radius 3 is 2.70 bits per heavy atom. The number of aromatic nitrogens is 6. The van der Waals surface area contributed by atoms with Crippen molar-refractivity contribution in [1.82, 2.24) is 35.0 Å². The van der Waals surface area contributed by atoms with Crippen molar-refractivity contribution in [3.63, 3.8) is 0 Å². The van der Waals surface area contributed by atoms with E-state index in [9.17, 15) is 9.18 Å². The number of anilines is 1. The Bertz CT molecular complexity index is 1950. The summed E-state index contributed by atoms with van der Waals surface area (Å²) in [7, 11) is 3.92. The molecule has 6 rings (SSSR count). The maximum atomic E-state index is 14.6. The quantitative estimate of drug-likeness (QED) is 0.158. The van der Waals surface area contributed by atoms with Crippen molar-refractivity contribution < 1.29 is 13.9 Å². The summed E-state index contributed by atoms with van der Waals surface area (Å²) in [6, 6.07) is 12.4. The number of aromatic amines is 2. The van der Waals surface area contributed by atoms with Crippen LogP contribution in [0.3, 0.4) is 0 Å². The lowest BCUT2D eigenvalue weighted by Gasteiger charge is -2.12. The lowest BCUT2D eigenvalue weighted by Crippen LogP contribution is -2.19. The minimum atomic E-state index is -0.394. The maximum absolute atomic E-state index is 14.6. The molecule has 0 saturated carbocycles. The second-order valence-electron chi connectivity index (χ2n) is 10.9. The molecule has 5 aromatic heterocycles. The van der Waals surface area contributed by atoms with Crippen molar-refractivity contribution in [2.45, 2.75) is 26.2 Å². The molecular formula is C33H33FN8O2. The Hall–Kier alpha value is -5.16. The topological polar surface area (TPSA) is 125 Å². The molecule has 0 fully saturated rings. The first-order valence-corrected chi connectivity index (χ1v) is 14.5. The van der Waals surface area contributed by atoms with Crippen molar-refractivity contribution in [2.24, 2.45) is 0 Å². The van der Waals surface area contributed by atoms with Gasteiger partial charge in [-0.2, -0.15) is 5.10 Å². The first-order chi connectivity index (χ1) is 21.4. The molecule has 0 aliphatic heterocycles. The van der Waals surface area contributed by atoms with Crippen LogP contribution in [0.15, 0.2) is 67.3 Å². The lowest BCUT2D eigenvalue weighted by atomic mass is 10.1. The number of benzene rings is 1. The van der Waals surface area contributed by atoms with Gasteiger partial charge in [0, 0.05) is 70.6 Å². The molecule has 6 aromatic rings. The Labute approximate surface area is 253 Å². The third-order valence-corrected chi connectivity index (χ3v) is 7.29. The van der Waals surface area contributed by atoms with Crippen molar-refractivity contribution in [3.8, 4) is 39.5 Å². The summed E-state index contributed by atoms with van der Waals surface area (Å²) in [5, 5.41) is 12.1. The van der Waals surface area contributed by atoms with Gasteiger partial charge in [-0.05, 0) is 56.9 Å². The highest BCUT2D eigenvalue weighted by atomic mass is 19.1. The van der Waals surface area contributed by atoms with Crippen LogP contribution in [0, 0.1) is 5.82 Å². The molecule has 0 aliphatic carbocycles. The number of ether oxygens (including phenoxy) is 1. The summed E-state index contributed by atoms with van der Waals surface area (Å²) in [6.45, 7) is 3.21. The molecule has 0 aliphatic rings. The molecule has 11 heteroatoms. The molecule has 1 aromatic carbocycles. The molecule has 224 valence electrons. The average Bonchev–Trinajstić information content (AvgIpc) is 3.63. The number of hydrogen-bond donors (Lipinski definition) is 3. The number of pyridine rings is 3.